The van der Waals surface area contributed by atoms with Crippen LogP contribution in [0.1, 0.15) is 81.0 Å². The summed E-state index contributed by atoms with van der Waals surface area (Å²) >= 11 is 0. The van der Waals surface area contributed by atoms with Crippen molar-refractivity contribution < 1.29 is 22.4 Å². The highest BCUT2D eigenvalue weighted by Crippen LogP contribution is 2.59. The third kappa shape index (κ3) is 4.77. The van der Waals surface area contributed by atoms with Crippen molar-refractivity contribution >= 4 is 10.3 Å². The first kappa shape index (κ1) is 25.6. The van der Waals surface area contributed by atoms with E-state index in [0.717, 1.165) is 44.1 Å². The van der Waals surface area contributed by atoms with Crippen molar-refractivity contribution in [2.24, 2.45) is 22.9 Å². The van der Waals surface area contributed by atoms with E-state index in [1.165, 1.54) is 23.8 Å². The number of benzene rings is 2. The molecule has 5 atom stereocenters. The molecule has 3 aliphatic rings. The second-order valence-corrected chi connectivity index (χ2v) is 13.4. The Morgan fingerprint density at radius 1 is 1.03 bits per heavy atom. The van der Waals surface area contributed by atoms with E-state index in [9.17, 15) is 13.5 Å². The number of fused-ring (bicyclic) bond motifs is 5. The lowest BCUT2D eigenvalue weighted by Gasteiger charge is -2.47. The third-order valence-corrected chi connectivity index (χ3v) is 9.49. The molecule has 0 bridgehead atoms. The van der Waals surface area contributed by atoms with Crippen LogP contribution in [0.2, 0.25) is 0 Å². The van der Waals surface area contributed by atoms with Gasteiger partial charge in [-0.25, -0.2) is 0 Å². The van der Waals surface area contributed by atoms with E-state index in [4.69, 9.17) is 14.1 Å². The lowest BCUT2D eigenvalue weighted by Crippen LogP contribution is -2.43. The standard InChI is InChI=1S/C29H39NO5S/c1-28(2,3)20-8-5-18(6-9-20)17-29(31)14-13-23-21-10-7-19-15-27(35-36(30,32)33)26(34-4)16-24(19)22(21)11-12-25(23)29/h5-6,8-9,15-16,21-23,25,31H,7,10-14,17H2,1-4H3,(H2,30,32,33)/t21?,22?,23?,25?,29-/m1/s1. The average molecular weight is 514 g/mol. The Balaban J connectivity index is 1.36. The maximum absolute atomic E-state index is 11.9. The largest absolute Gasteiger partial charge is 0.493 e. The highest BCUT2D eigenvalue weighted by Gasteiger charge is 2.54. The number of aryl methyl sites for hydroxylation is 1. The molecule has 2 aromatic rings. The van der Waals surface area contributed by atoms with Gasteiger partial charge in [-0.05, 0) is 102 Å². The first-order valence-corrected chi connectivity index (χ1v) is 14.6. The van der Waals surface area contributed by atoms with Gasteiger partial charge in [-0.15, -0.1) is 0 Å². The van der Waals surface area contributed by atoms with Crippen LogP contribution < -0.4 is 14.1 Å². The monoisotopic (exact) mass is 513 g/mol. The summed E-state index contributed by atoms with van der Waals surface area (Å²) in [5.41, 5.74) is 4.35. The lowest BCUT2D eigenvalue weighted by atomic mass is 9.59. The molecule has 0 radical (unpaired) electrons. The van der Waals surface area contributed by atoms with Crippen LogP contribution in [-0.2, 0) is 28.6 Å². The van der Waals surface area contributed by atoms with Crippen LogP contribution in [0.15, 0.2) is 36.4 Å². The molecule has 0 amide bonds. The number of methoxy groups -OCH3 is 1. The molecule has 2 saturated carbocycles. The van der Waals surface area contributed by atoms with Crippen molar-refractivity contribution in [1.82, 2.24) is 0 Å². The van der Waals surface area contributed by atoms with Crippen LogP contribution in [0.4, 0.5) is 0 Å². The summed E-state index contributed by atoms with van der Waals surface area (Å²) in [4.78, 5) is 0. The normalized spacial score (nSPS) is 29.7. The fraction of sp³-hybridized carbons (Fsp3) is 0.586. The molecule has 7 heteroatoms. The zero-order chi connectivity index (χ0) is 25.9. The molecular weight excluding hydrogens is 474 g/mol. The summed E-state index contributed by atoms with van der Waals surface area (Å²) in [6.45, 7) is 6.67. The van der Waals surface area contributed by atoms with E-state index in [1.54, 1.807) is 6.07 Å². The molecule has 196 valence electrons. The van der Waals surface area contributed by atoms with Crippen LogP contribution in [0.25, 0.3) is 0 Å². The molecule has 0 aromatic heterocycles. The minimum Gasteiger partial charge on any atom is -0.493 e. The molecular formula is C29H39NO5S. The van der Waals surface area contributed by atoms with E-state index >= 15 is 0 Å². The van der Waals surface area contributed by atoms with E-state index in [2.05, 4.69) is 45.0 Å². The molecule has 6 nitrogen and oxygen atoms in total. The Morgan fingerprint density at radius 3 is 2.39 bits per heavy atom. The van der Waals surface area contributed by atoms with Crippen molar-refractivity contribution in [3.8, 4) is 11.5 Å². The van der Waals surface area contributed by atoms with Gasteiger partial charge in [-0.3, -0.25) is 0 Å². The molecule has 2 fully saturated rings. The molecule has 4 unspecified atom stereocenters. The number of nitrogens with two attached hydrogens (primary N) is 1. The maximum atomic E-state index is 11.9. The number of rotatable bonds is 5. The third-order valence-electron chi connectivity index (χ3n) is 9.08. The second-order valence-electron chi connectivity index (χ2n) is 12.2. The van der Waals surface area contributed by atoms with Gasteiger partial charge in [0.1, 0.15) is 0 Å². The molecule has 36 heavy (non-hydrogen) atoms. The molecule has 0 heterocycles. The average Bonchev–Trinajstić information content (AvgIpc) is 3.13. The quantitative estimate of drug-likeness (QED) is 0.585. The van der Waals surface area contributed by atoms with Gasteiger partial charge in [-0.1, -0.05) is 45.0 Å². The first-order chi connectivity index (χ1) is 16.9. The number of hydrogen-bond donors (Lipinski definition) is 2. The Bertz CT molecular complexity index is 1230. The molecule has 3 aliphatic carbocycles. The van der Waals surface area contributed by atoms with Gasteiger partial charge in [0.05, 0.1) is 12.7 Å². The summed E-state index contributed by atoms with van der Waals surface area (Å²) in [6, 6.07) is 12.5. The van der Waals surface area contributed by atoms with Gasteiger partial charge >= 0.3 is 10.3 Å². The van der Waals surface area contributed by atoms with E-state index in [1.807, 2.05) is 6.07 Å². The Morgan fingerprint density at radius 2 is 1.75 bits per heavy atom. The van der Waals surface area contributed by atoms with Crippen molar-refractivity contribution in [1.29, 1.82) is 0 Å². The van der Waals surface area contributed by atoms with Gasteiger partial charge in [0, 0.05) is 6.42 Å². The zero-order valence-electron chi connectivity index (χ0n) is 21.8. The van der Waals surface area contributed by atoms with E-state index < -0.39 is 15.9 Å². The molecule has 0 saturated heterocycles. The Labute approximate surface area is 215 Å². The minimum absolute atomic E-state index is 0.123. The van der Waals surface area contributed by atoms with Crippen LogP contribution >= 0.6 is 0 Å². The number of aliphatic hydroxyl groups is 1. The highest BCUT2D eigenvalue weighted by molar-refractivity contribution is 7.84. The van der Waals surface area contributed by atoms with Crippen molar-refractivity contribution in [2.45, 2.75) is 82.7 Å². The summed E-state index contributed by atoms with van der Waals surface area (Å²) < 4.78 is 33.5. The molecule has 0 aliphatic heterocycles. The first-order valence-electron chi connectivity index (χ1n) is 13.1. The van der Waals surface area contributed by atoms with Gasteiger partial charge in [-0.2, -0.15) is 13.6 Å². The van der Waals surface area contributed by atoms with Crippen LogP contribution in [-0.4, -0.2) is 26.2 Å². The van der Waals surface area contributed by atoms with Crippen LogP contribution in [0.5, 0.6) is 11.5 Å². The maximum Gasteiger partial charge on any atom is 0.380 e. The number of hydrogen-bond acceptors (Lipinski definition) is 5. The summed E-state index contributed by atoms with van der Waals surface area (Å²) in [5, 5.41) is 17.0. The lowest BCUT2D eigenvalue weighted by molar-refractivity contribution is -0.0347. The van der Waals surface area contributed by atoms with Crippen molar-refractivity contribution in [2.75, 3.05) is 7.11 Å². The van der Waals surface area contributed by atoms with Crippen LogP contribution in [0.3, 0.4) is 0 Å². The summed E-state index contributed by atoms with van der Waals surface area (Å²) in [5.74, 6) is 2.27. The van der Waals surface area contributed by atoms with Crippen molar-refractivity contribution in [3.63, 3.8) is 0 Å². The van der Waals surface area contributed by atoms with Gasteiger partial charge in [0.2, 0.25) is 0 Å². The number of ether oxygens (including phenoxy) is 1. The fourth-order valence-corrected chi connectivity index (χ4v) is 7.80. The molecule has 5 rings (SSSR count). The minimum atomic E-state index is -4.13. The predicted molar refractivity (Wildman–Crippen MR) is 141 cm³/mol. The smallest absolute Gasteiger partial charge is 0.380 e. The zero-order valence-corrected chi connectivity index (χ0v) is 22.6. The van der Waals surface area contributed by atoms with Gasteiger partial charge < -0.3 is 14.0 Å². The van der Waals surface area contributed by atoms with Gasteiger partial charge in [0.25, 0.3) is 0 Å². The Kier molecular flexibility index (Phi) is 6.41. The predicted octanol–water partition coefficient (Wildman–Crippen LogP) is 5.01. The second kappa shape index (κ2) is 9.03. The highest BCUT2D eigenvalue weighted by atomic mass is 32.2. The Hall–Kier alpha value is -2.09. The topological polar surface area (TPSA) is 98.9 Å². The SMILES string of the molecule is COc1cc2c(cc1OS(N)(=O)=O)CCC1C2CCC2C1CC[C@@]2(O)Cc1ccc(C(C)(C)C)cc1. The van der Waals surface area contributed by atoms with E-state index in [0.29, 0.717) is 35.8 Å². The molecule has 2 aromatic carbocycles. The molecule has 3 N–H and O–H groups in total. The molecule has 0 spiro atoms. The van der Waals surface area contributed by atoms with E-state index in [-0.39, 0.29) is 11.2 Å². The summed E-state index contributed by atoms with van der Waals surface area (Å²) in [6.07, 6.45) is 6.54. The van der Waals surface area contributed by atoms with Crippen molar-refractivity contribution in [3.05, 3.63) is 58.7 Å². The summed E-state index contributed by atoms with van der Waals surface area (Å²) in [7, 11) is -2.61. The van der Waals surface area contributed by atoms with Crippen LogP contribution in [0, 0.1) is 17.8 Å². The van der Waals surface area contributed by atoms with Gasteiger partial charge in [0.15, 0.2) is 11.5 Å². The fourth-order valence-electron chi connectivity index (χ4n) is 7.42.